The van der Waals surface area contributed by atoms with E-state index in [1.165, 1.54) is 135 Å². The van der Waals surface area contributed by atoms with Crippen LogP contribution in [-0.2, 0) is 5.41 Å². The van der Waals surface area contributed by atoms with Crippen LogP contribution in [0.2, 0.25) is 0 Å². The Bertz CT molecular complexity index is 4130. The van der Waals surface area contributed by atoms with Crippen LogP contribution in [0.3, 0.4) is 0 Å². The number of nitrogens with zero attached hydrogens (tertiary/aromatic N) is 2. The van der Waals surface area contributed by atoms with Gasteiger partial charge in [0, 0.05) is 69.3 Å². The Labute approximate surface area is 373 Å². The average Bonchev–Trinajstić information content (AvgIpc) is 4.14. The maximum absolute atomic E-state index is 6.26. The third kappa shape index (κ3) is 4.70. The maximum atomic E-state index is 6.26. The van der Waals surface area contributed by atoms with E-state index in [1.807, 2.05) is 17.4 Å². The molecule has 1 spiro atoms. The second-order valence-corrected chi connectivity index (χ2v) is 19.4. The highest BCUT2D eigenvalue weighted by atomic mass is 32.1. The van der Waals surface area contributed by atoms with E-state index in [0.29, 0.717) is 0 Å². The summed E-state index contributed by atoms with van der Waals surface area (Å²) in [6, 6.07) is 68.5. The van der Waals surface area contributed by atoms with Gasteiger partial charge in [0.15, 0.2) is 0 Å². The summed E-state index contributed by atoms with van der Waals surface area (Å²) in [7, 11) is 0. The van der Waals surface area contributed by atoms with Crippen LogP contribution >= 0.6 is 11.3 Å². The smallest absolute Gasteiger partial charge is 0.135 e. The van der Waals surface area contributed by atoms with E-state index >= 15 is 0 Å². The minimum absolute atomic E-state index is 0.0289. The van der Waals surface area contributed by atoms with E-state index in [4.69, 9.17) is 4.42 Å². The molecule has 64 heavy (non-hydrogen) atoms. The number of rotatable bonds is 3. The van der Waals surface area contributed by atoms with E-state index < -0.39 is 0 Å². The molecule has 9 aromatic carbocycles. The number of aromatic nitrogens is 2. The fourth-order valence-electron chi connectivity index (χ4n) is 12.3. The molecule has 0 N–H and O–H groups in total. The molecule has 15 rings (SSSR count). The first kappa shape index (κ1) is 35.1. The van der Waals surface area contributed by atoms with Gasteiger partial charge < -0.3 is 13.6 Å². The number of furan rings is 1. The lowest BCUT2D eigenvalue weighted by molar-refractivity contribution is 0.353. The molecule has 0 amide bonds. The predicted molar refractivity (Wildman–Crippen MR) is 270 cm³/mol. The summed E-state index contributed by atoms with van der Waals surface area (Å²) in [4.78, 5) is 0. The zero-order valence-electron chi connectivity index (χ0n) is 35.1. The molecule has 0 atom stereocenters. The van der Waals surface area contributed by atoms with Crippen molar-refractivity contribution in [1.82, 2.24) is 9.13 Å². The minimum atomic E-state index is 0.0289. The largest absolute Gasteiger partial charge is 0.456 e. The van der Waals surface area contributed by atoms with Gasteiger partial charge in [-0.1, -0.05) is 122 Å². The third-order valence-corrected chi connectivity index (χ3v) is 16.2. The first-order valence-electron chi connectivity index (χ1n) is 22.8. The summed E-state index contributed by atoms with van der Waals surface area (Å²) in [5, 5.41) is 10.1. The summed E-state index contributed by atoms with van der Waals surface area (Å²) < 4.78 is 13.9. The molecule has 3 nitrogen and oxygen atoms in total. The van der Waals surface area contributed by atoms with Crippen molar-refractivity contribution in [2.24, 2.45) is 0 Å². The standard InChI is InChI=1S/C60H40N2OS/c1-10-28-60(29-11-1)50-26-21-36(37-20-24-42-40-12-2-6-16-52(40)61(54(42)31-37)38-23-27-57-49(32-38)43-14-4-8-18-56(43)63-57)30-46(50)47-35-55-48(34-51(47)60)41-13-3-7-17-53(41)62(55)39-22-25-45-44-15-5-9-19-58(44)64-59(45)33-39/h2-9,12-27,30-35H,1,10-11,28-29H2. The molecule has 302 valence electrons. The Kier molecular flexibility index (Phi) is 7.04. The Balaban J connectivity index is 0.937. The normalized spacial score (nSPS) is 14.7. The molecule has 13 aromatic rings. The van der Waals surface area contributed by atoms with Gasteiger partial charge in [0.25, 0.3) is 0 Å². The minimum Gasteiger partial charge on any atom is -0.456 e. The van der Waals surface area contributed by atoms with Gasteiger partial charge in [-0.3, -0.25) is 0 Å². The van der Waals surface area contributed by atoms with Gasteiger partial charge in [0.05, 0.1) is 22.1 Å². The van der Waals surface area contributed by atoms with Gasteiger partial charge in [-0.15, -0.1) is 11.3 Å². The molecular weight excluding hydrogens is 797 g/mol. The lowest BCUT2D eigenvalue weighted by Gasteiger charge is -2.36. The second-order valence-electron chi connectivity index (χ2n) is 18.3. The maximum Gasteiger partial charge on any atom is 0.135 e. The van der Waals surface area contributed by atoms with Gasteiger partial charge in [-0.05, 0) is 125 Å². The van der Waals surface area contributed by atoms with Gasteiger partial charge in [0.1, 0.15) is 11.2 Å². The molecule has 4 heteroatoms. The van der Waals surface area contributed by atoms with E-state index in [1.54, 1.807) is 0 Å². The van der Waals surface area contributed by atoms with Crippen LogP contribution in [-0.4, -0.2) is 9.13 Å². The van der Waals surface area contributed by atoms with Gasteiger partial charge in [-0.2, -0.15) is 0 Å². The van der Waals surface area contributed by atoms with Crippen LogP contribution in [0.15, 0.2) is 186 Å². The summed E-state index contributed by atoms with van der Waals surface area (Å²) in [6.45, 7) is 0. The fraction of sp³-hybridized carbons (Fsp3) is 0.100. The lowest BCUT2D eigenvalue weighted by Crippen LogP contribution is -2.28. The van der Waals surface area contributed by atoms with Crippen molar-refractivity contribution in [3.05, 3.63) is 193 Å². The average molecular weight is 837 g/mol. The highest BCUT2D eigenvalue weighted by molar-refractivity contribution is 7.25. The van der Waals surface area contributed by atoms with E-state index in [0.717, 1.165) is 27.6 Å². The number of benzene rings is 9. The molecule has 0 bridgehead atoms. The highest BCUT2D eigenvalue weighted by Gasteiger charge is 2.44. The van der Waals surface area contributed by atoms with Crippen molar-refractivity contribution in [1.29, 1.82) is 0 Å². The van der Waals surface area contributed by atoms with Gasteiger partial charge in [-0.25, -0.2) is 0 Å². The number of thiophene rings is 1. The Morgan fingerprint density at radius 3 is 1.81 bits per heavy atom. The van der Waals surface area contributed by atoms with Crippen LogP contribution in [0.4, 0.5) is 0 Å². The third-order valence-electron chi connectivity index (χ3n) is 15.1. The molecular formula is C60H40N2OS. The molecule has 0 radical (unpaired) electrons. The molecule has 0 saturated heterocycles. The second kappa shape index (κ2) is 12.8. The van der Waals surface area contributed by atoms with E-state index in [9.17, 15) is 0 Å². The Morgan fingerprint density at radius 2 is 0.969 bits per heavy atom. The first-order valence-corrected chi connectivity index (χ1v) is 23.6. The SMILES string of the molecule is c1ccc2c(c1)oc1ccc(-n3c4ccccc4c4ccc(-c5ccc6c(c5)-c5cc7c(cc5C65CCCCC5)c5ccccc5n7-c5ccc6c(c5)sc5ccccc56)cc43)cc12. The summed E-state index contributed by atoms with van der Waals surface area (Å²) in [6.07, 6.45) is 6.22. The Hall–Kier alpha value is -7.40. The van der Waals surface area contributed by atoms with Crippen LogP contribution in [0.5, 0.6) is 0 Å². The van der Waals surface area contributed by atoms with Crippen LogP contribution in [0.25, 0.3) is 119 Å². The van der Waals surface area contributed by atoms with Crippen molar-refractivity contribution in [2.75, 3.05) is 0 Å². The monoisotopic (exact) mass is 836 g/mol. The molecule has 4 aromatic heterocycles. The molecule has 2 aliphatic carbocycles. The first-order chi connectivity index (χ1) is 31.7. The topological polar surface area (TPSA) is 23.0 Å². The number of hydrogen-bond acceptors (Lipinski definition) is 2. The lowest BCUT2D eigenvalue weighted by atomic mass is 9.67. The zero-order valence-corrected chi connectivity index (χ0v) is 35.9. The number of hydrogen-bond donors (Lipinski definition) is 0. The quantitative estimate of drug-likeness (QED) is 0.174. The van der Waals surface area contributed by atoms with Crippen LogP contribution in [0.1, 0.15) is 43.2 Å². The molecule has 1 saturated carbocycles. The predicted octanol–water partition coefficient (Wildman–Crippen LogP) is 17.0. The molecule has 0 unspecified atom stereocenters. The van der Waals surface area contributed by atoms with E-state index in [2.05, 4.69) is 185 Å². The molecule has 1 fully saturated rings. The highest BCUT2D eigenvalue weighted by Crippen LogP contribution is 2.58. The van der Waals surface area contributed by atoms with Crippen LogP contribution in [0, 0.1) is 0 Å². The summed E-state index contributed by atoms with van der Waals surface area (Å²) in [5.41, 5.74) is 17.5. The van der Waals surface area contributed by atoms with Crippen molar-refractivity contribution in [3.8, 4) is 33.6 Å². The molecule has 4 heterocycles. The van der Waals surface area contributed by atoms with Crippen molar-refractivity contribution in [3.63, 3.8) is 0 Å². The summed E-state index contributed by atoms with van der Waals surface area (Å²) in [5.74, 6) is 0. The van der Waals surface area contributed by atoms with E-state index in [-0.39, 0.29) is 5.41 Å². The summed E-state index contributed by atoms with van der Waals surface area (Å²) >= 11 is 1.89. The van der Waals surface area contributed by atoms with Crippen molar-refractivity contribution >= 4 is 97.1 Å². The van der Waals surface area contributed by atoms with Gasteiger partial charge in [0.2, 0.25) is 0 Å². The van der Waals surface area contributed by atoms with Gasteiger partial charge >= 0.3 is 0 Å². The van der Waals surface area contributed by atoms with Crippen LogP contribution < -0.4 is 0 Å². The molecule has 0 aliphatic heterocycles. The van der Waals surface area contributed by atoms with Crippen molar-refractivity contribution in [2.45, 2.75) is 37.5 Å². The number of fused-ring (bicyclic) bond motifs is 17. The number of para-hydroxylation sites is 3. The molecule has 2 aliphatic rings. The zero-order chi connectivity index (χ0) is 41.7. The fourth-order valence-corrected chi connectivity index (χ4v) is 13.4. The Morgan fingerprint density at radius 1 is 0.375 bits per heavy atom. The van der Waals surface area contributed by atoms with Crippen molar-refractivity contribution < 1.29 is 4.42 Å².